The van der Waals surface area contributed by atoms with E-state index in [9.17, 15) is 10.2 Å². The Hall–Kier alpha value is -0.120. The van der Waals surface area contributed by atoms with Gasteiger partial charge in [-0.2, -0.15) is 0 Å². The number of ether oxygens (including phenoxy) is 1. The lowest BCUT2D eigenvalue weighted by Gasteiger charge is -2.59. The van der Waals surface area contributed by atoms with Crippen molar-refractivity contribution in [2.24, 2.45) is 28.6 Å². The summed E-state index contributed by atoms with van der Waals surface area (Å²) in [6.45, 7) is 4.81. The van der Waals surface area contributed by atoms with Crippen molar-refractivity contribution in [3.05, 3.63) is 0 Å². The van der Waals surface area contributed by atoms with Crippen LogP contribution in [0.2, 0.25) is 0 Å². The molecule has 4 saturated carbocycles. The minimum absolute atomic E-state index is 0.00318. The molecule has 5 rings (SSSR count). The van der Waals surface area contributed by atoms with Crippen molar-refractivity contribution in [1.29, 1.82) is 0 Å². The quantitative estimate of drug-likeness (QED) is 0.677. The third-order valence-electron chi connectivity index (χ3n) is 9.07. The van der Waals surface area contributed by atoms with Gasteiger partial charge < -0.3 is 14.9 Å². The van der Waals surface area contributed by atoms with E-state index in [2.05, 4.69) is 13.8 Å². The van der Waals surface area contributed by atoms with Gasteiger partial charge in [0.05, 0.1) is 12.2 Å². The van der Waals surface area contributed by atoms with Crippen LogP contribution < -0.4 is 0 Å². The highest BCUT2D eigenvalue weighted by Crippen LogP contribution is 2.72. The average molecular weight is 306 g/mol. The second kappa shape index (κ2) is 4.10. The van der Waals surface area contributed by atoms with Crippen LogP contribution in [0.1, 0.15) is 65.2 Å². The van der Waals surface area contributed by atoms with E-state index in [-0.39, 0.29) is 34.7 Å². The van der Waals surface area contributed by atoms with Crippen molar-refractivity contribution in [3.63, 3.8) is 0 Å². The molecule has 1 heterocycles. The fourth-order valence-corrected chi connectivity index (χ4v) is 7.67. The molecule has 3 nitrogen and oxygen atoms in total. The van der Waals surface area contributed by atoms with Gasteiger partial charge >= 0.3 is 0 Å². The molecule has 0 radical (unpaired) electrons. The predicted molar refractivity (Wildman–Crippen MR) is 83.2 cm³/mol. The summed E-state index contributed by atoms with van der Waals surface area (Å²) in [5.41, 5.74) is 0.422. The van der Waals surface area contributed by atoms with E-state index < -0.39 is 0 Å². The Balaban J connectivity index is 1.50. The first-order valence-corrected chi connectivity index (χ1v) is 9.46. The van der Waals surface area contributed by atoms with Crippen LogP contribution in [-0.2, 0) is 4.74 Å². The van der Waals surface area contributed by atoms with Crippen molar-refractivity contribution in [2.45, 2.75) is 89.1 Å². The smallest absolute Gasteiger partial charge is 0.114 e. The normalized spacial score (nSPS) is 66.0. The second-order valence-corrected chi connectivity index (χ2v) is 9.50. The van der Waals surface area contributed by atoms with E-state index in [1.54, 1.807) is 0 Å². The van der Waals surface area contributed by atoms with Crippen LogP contribution in [0.5, 0.6) is 0 Å². The van der Waals surface area contributed by atoms with Crippen LogP contribution in [0.4, 0.5) is 0 Å². The summed E-state index contributed by atoms with van der Waals surface area (Å²) >= 11 is 0. The molecule has 9 atom stereocenters. The molecule has 5 fully saturated rings. The van der Waals surface area contributed by atoms with Gasteiger partial charge in [-0.3, -0.25) is 0 Å². The molecule has 0 amide bonds. The number of rotatable bonds is 0. The van der Waals surface area contributed by atoms with Gasteiger partial charge in [-0.05, 0) is 74.5 Å². The van der Waals surface area contributed by atoms with Gasteiger partial charge in [0.2, 0.25) is 0 Å². The Morgan fingerprint density at radius 1 is 0.864 bits per heavy atom. The molecule has 2 N–H and O–H groups in total. The molecule has 0 unspecified atom stereocenters. The zero-order valence-electron chi connectivity index (χ0n) is 13.9. The summed E-state index contributed by atoms with van der Waals surface area (Å²) in [6, 6.07) is 0. The molecule has 0 aromatic carbocycles. The van der Waals surface area contributed by atoms with Gasteiger partial charge in [-0.1, -0.05) is 13.8 Å². The Morgan fingerprint density at radius 2 is 1.68 bits per heavy atom. The number of aliphatic hydroxyl groups excluding tert-OH is 2. The van der Waals surface area contributed by atoms with Gasteiger partial charge in [0.15, 0.2) is 0 Å². The van der Waals surface area contributed by atoms with Crippen molar-refractivity contribution >= 4 is 0 Å². The van der Waals surface area contributed by atoms with E-state index >= 15 is 0 Å². The summed E-state index contributed by atoms with van der Waals surface area (Å²) in [6.07, 6.45) is 8.87. The largest absolute Gasteiger partial charge is 0.393 e. The fourth-order valence-electron chi connectivity index (χ4n) is 7.67. The van der Waals surface area contributed by atoms with Crippen LogP contribution in [-0.4, -0.2) is 34.1 Å². The summed E-state index contributed by atoms with van der Waals surface area (Å²) < 4.78 is 6.19. The molecule has 0 aromatic heterocycles. The maximum absolute atomic E-state index is 10.5. The fraction of sp³-hybridized carbons (Fsp3) is 1.00. The predicted octanol–water partition coefficient (Wildman–Crippen LogP) is 2.88. The SMILES string of the molecule is C[C@]12CC[C@H]3[C@@H](CC[C@]45O[C@H]4[C@@H](O)CC[C@]35C)[C@@H]1CC[C@@H]2O. The molecular weight excluding hydrogens is 276 g/mol. The van der Waals surface area contributed by atoms with E-state index in [1.807, 2.05) is 0 Å². The topological polar surface area (TPSA) is 53.0 Å². The van der Waals surface area contributed by atoms with E-state index in [1.165, 1.54) is 25.7 Å². The molecule has 0 aromatic rings. The molecule has 1 saturated heterocycles. The molecule has 124 valence electrons. The van der Waals surface area contributed by atoms with Crippen LogP contribution in [0, 0.1) is 28.6 Å². The number of epoxide rings is 1. The molecule has 3 heteroatoms. The van der Waals surface area contributed by atoms with Gasteiger partial charge in [0, 0.05) is 5.41 Å². The minimum Gasteiger partial charge on any atom is -0.393 e. The highest BCUT2D eigenvalue weighted by atomic mass is 16.6. The second-order valence-electron chi connectivity index (χ2n) is 9.50. The lowest BCUT2D eigenvalue weighted by molar-refractivity contribution is -0.126. The summed E-state index contributed by atoms with van der Waals surface area (Å²) in [7, 11) is 0. The van der Waals surface area contributed by atoms with Crippen LogP contribution in [0.3, 0.4) is 0 Å². The van der Waals surface area contributed by atoms with E-state index in [0.29, 0.717) is 5.92 Å². The molecule has 22 heavy (non-hydrogen) atoms. The van der Waals surface area contributed by atoms with Crippen molar-refractivity contribution in [1.82, 2.24) is 0 Å². The number of hydrogen-bond acceptors (Lipinski definition) is 3. The first kappa shape index (κ1) is 14.2. The van der Waals surface area contributed by atoms with Crippen molar-refractivity contribution < 1.29 is 14.9 Å². The molecule has 0 bridgehead atoms. The van der Waals surface area contributed by atoms with Gasteiger partial charge in [-0.15, -0.1) is 0 Å². The van der Waals surface area contributed by atoms with Crippen LogP contribution in [0.15, 0.2) is 0 Å². The Bertz CT molecular complexity index is 507. The third kappa shape index (κ3) is 1.41. The third-order valence-corrected chi connectivity index (χ3v) is 9.07. The lowest BCUT2D eigenvalue weighted by atomic mass is 9.45. The average Bonchev–Trinajstić information content (AvgIpc) is 3.17. The number of fused-ring (bicyclic) bond motifs is 4. The number of aliphatic hydroxyl groups is 2. The van der Waals surface area contributed by atoms with Gasteiger partial charge in [0.1, 0.15) is 11.7 Å². The molecular formula is C19H30O3. The first-order valence-electron chi connectivity index (χ1n) is 9.46. The van der Waals surface area contributed by atoms with Crippen LogP contribution in [0.25, 0.3) is 0 Å². The van der Waals surface area contributed by atoms with E-state index in [0.717, 1.165) is 37.5 Å². The Labute approximate surface area is 133 Å². The monoisotopic (exact) mass is 306 g/mol. The Morgan fingerprint density at radius 3 is 2.50 bits per heavy atom. The molecule has 1 aliphatic heterocycles. The Kier molecular flexibility index (Phi) is 2.65. The minimum atomic E-state index is -0.230. The molecule has 1 spiro atoms. The molecule has 5 aliphatic rings. The molecule has 4 aliphatic carbocycles. The van der Waals surface area contributed by atoms with Crippen molar-refractivity contribution in [3.8, 4) is 0 Å². The van der Waals surface area contributed by atoms with Gasteiger partial charge in [0.25, 0.3) is 0 Å². The maximum Gasteiger partial charge on any atom is 0.114 e. The van der Waals surface area contributed by atoms with E-state index in [4.69, 9.17) is 4.74 Å². The van der Waals surface area contributed by atoms with Crippen molar-refractivity contribution in [2.75, 3.05) is 0 Å². The maximum atomic E-state index is 10.5. The summed E-state index contributed by atoms with van der Waals surface area (Å²) in [5, 5.41) is 20.7. The summed E-state index contributed by atoms with van der Waals surface area (Å²) in [5.74, 6) is 2.22. The zero-order chi connectivity index (χ0) is 15.3. The summed E-state index contributed by atoms with van der Waals surface area (Å²) in [4.78, 5) is 0. The standard InChI is InChI=1S/C19H30O3/c1-17-8-6-13-11(12(17)3-4-15(17)21)5-10-19-16(22-19)14(20)7-9-18(13,19)2/h11-16,20-21H,3-10H2,1-2H3/t11-,12-,13-,14-,15-,16-,17-,18+,19-/m0/s1. The van der Waals surface area contributed by atoms with Gasteiger partial charge in [-0.25, -0.2) is 0 Å². The highest BCUT2D eigenvalue weighted by molar-refractivity contribution is 5.24. The lowest BCUT2D eigenvalue weighted by Crippen LogP contribution is -2.58. The van der Waals surface area contributed by atoms with Crippen LogP contribution >= 0.6 is 0 Å². The first-order chi connectivity index (χ1) is 10.4. The number of hydrogen-bond donors (Lipinski definition) is 2. The highest BCUT2D eigenvalue weighted by Gasteiger charge is 2.76. The zero-order valence-corrected chi connectivity index (χ0v) is 13.9.